The van der Waals surface area contributed by atoms with Gasteiger partial charge in [0.1, 0.15) is 0 Å². The van der Waals surface area contributed by atoms with E-state index in [0.717, 1.165) is 0 Å². The Balaban J connectivity index is 3.09. The Hall–Kier alpha value is -0.690. The fraction of sp³-hybridized carbons (Fsp3) is 0.455. The van der Waals surface area contributed by atoms with Gasteiger partial charge in [0.2, 0.25) is 0 Å². The number of anilines is 1. The van der Waals surface area contributed by atoms with Crippen LogP contribution < -0.4 is 5.32 Å². The van der Waals surface area contributed by atoms with Crippen LogP contribution >= 0.6 is 11.6 Å². The maximum absolute atomic E-state index is 5.67. The predicted octanol–water partition coefficient (Wildman–Crippen LogP) is 3.73. The SMILES string of the molecule is Cc1cccc(C(C)C)c1NCCl. The lowest BCUT2D eigenvalue weighted by Gasteiger charge is -2.15. The summed E-state index contributed by atoms with van der Waals surface area (Å²) in [6.07, 6.45) is 0. The van der Waals surface area contributed by atoms with E-state index in [1.165, 1.54) is 16.8 Å². The van der Waals surface area contributed by atoms with E-state index in [-0.39, 0.29) is 0 Å². The van der Waals surface area contributed by atoms with E-state index in [0.29, 0.717) is 11.9 Å². The quantitative estimate of drug-likeness (QED) is 0.575. The number of para-hydroxylation sites is 1. The smallest absolute Gasteiger partial charge is 0.0901 e. The summed E-state index contributed by atoms with van der Waals surface area (Å²) in [6, 6.07) is 6.79. The summed E-state index contributed by atoms with van der Waals surface area (Å²) in [5, 5.41) is 3.19. The first-order chi connectivity index (χ1) is 6.16. The second kappa shape index (κ2) is 4.52. The number of aryl methyl sites for hydroxylation is 1. The summed E-state index contributed by atoms with van der Waals surface area (Å²) in [5.41, 5.74) is 3.78. The van der Waals surface area contributed by atoms with Crippen LogP contribution in [-0.4, -0.2) is 6.00 Å². The molecular formula is C11H16ClN. The van der Waals surface area contributed by atoms with Gasteiger partial charge in [-0.05, 0) is 24.0 Å². The maximum atomic E-state index is 5.67. The summed E-state index contributed by atoms with van der Waals surface area (Å²) in [7, 11) is 0. The highest BCUT2D eigenvalue weighted by atomic mass is 35.5. The number of nitrogens with one attached hydrogen (secondary N) is 1. The minimum atomic E-state index is 0.463. The van der Waals surface area contributed by atoms with E-state index in [1.807, 2.05) is 0 Å². The van der Waals surface area contributed by atoms with E-state index < -0.39 is 0 Å². The first-order valence-corrected chi connectivity index (χ1v) is 5.09. The zero-order valence-electron chi connectivity index (χ0n) is 8.39. The lowest BCUT2D eigenvalue weighted by Crippen LogP contribution is -2.02. The van der Waals surface area contributed by atoms with Gasteiger partial charge in [0.05, 0.1) is 6.00 Å². The molecule has 1 N–H and O–H groups in total. The Morgan fingerprint density at radius 2 is 2.08 bits per heavy atom. The topological polar surface area (TPSA) is 12.0 Å². The number of hydrogen-bond donors (Lipinski definition) is 1. The molecule has 72 valence electrons. The molecule has 0 aliphatic heterocycles. The molecule has 2 heteroatoms. The highest BCUT2D eigenvalue weighted by Crippen LogP contribution is 2.27. The molecule has 0 saturated carbocycles. The second-order valence-corrected chi connectivity index (χ2v) is 3.77. The Bertz CT molecular complexity index is 281. The molecule has 0 heterocycles. The Labute approximate surface area is 85.1 Å². The molecular weight excluding hydrogens is 182 g/mol. The van der Waals surface area contributed by atoms with E-state index in [1.54, 1.807) is 0 Å². The molecule has 0 radical (unpaired) electrons. The molecule has 1 nitrogen and oxygen atoms in total. The number of halogens is 1. The fourth-order valence-corrected chi connectivity index (χ4v) is 1.61. The molecule has 1 rings (SSSR count). The molecule has 0 aromatic heterocycles. The number of alkyl halides is 1. The van der Waals surface area contributed by atoms with Crippen molar-refractivity contribution in [1.29, 1.82) is 0 Å². The monoisotopic (exact) mass is 197 g/mol. The van der Waals surface area contributed by atoms with Crippen molar-refractivity contribution in [2.45, 2.75) is 26.7 Å². The summed E-state index contributed by atoms with van der Waals surface area (Å²) in [4.78, 5) is 0. The van der Waals surface area contributed by atoms with Crippen molar-refractivity contribution >= 4 is 17.3 Å². The molecule has 0 unspecified atom stereocenters. The van der Waals surface area contributed by atoms with Gasteiger partial charge < -0.3 is 5.32 Å². The van der Waals surface area contributed by atoms with Crippen LogP contribution in [0, 0.1) is 6.92 Å². The summed E-state index contributed by atoms with van der Waals surface area (Å²) in [6.45, 7) is 6.48. The first kappa shape index (κ1) is 10.4. The minimum absolute atomic E-state index is 0.463. The van der Waals surface area contributed by atoms with Crippen LogP contribution in [0.15, 0.2) is 18.2 Å². The van der Waals surface area contributed by atoms with Gasteiger partial charge in [-0.2, -0.15) is 0 Å². The van der Waals surface area contributed by atoms with Gasteiger partial charge in [-0.3, -0.25) is 0 Å². The van der Waals surface area contributed by atoms with Crippen LogP contribution in [0.1, 0.15) is 30.9 Å². The minimum Gasteiger partial charge on any atom is -0.371 e. The van der Waals surface area contributed by atoms with Crippen LogP contribution in [0.4, 0.5) is 5.69 Å². The Morgan fingerprint density at radius 3 is 2.62 bits per heavy atom. The third-order valence-corrected chi connectivity index (χ3v) is 2.30. The zero-order valence-corrected chi connectivity index (χ0v) is 9.15. The van der Waals surface area contributed by atoms with Gasteiger partial charge in [0, 0.05) is 5.69 Å². The second-order valence-electron chi connectivity index (χ2n) is 3.50. The van der Waals surface area contributed by atoms with Gasteiger partial charge in [-0.15, -0.1) is 11.6 Å². The molecule has 0 spiro atoms. The van der Waals surface area contributed by atoms with Crippen LogP contribution in [0.3, 0.4) is 0 Å². The van der Waals surface area contributed by atoms with Crippen molar-refractivity contribution in [2.24, 2.45) is 0 Å². The molecule has 0 atom stereocenters. The number of benzene rings is 1. The molecule has 13 heavy (non-hydrogen) atoms. The summed E-state index contributed by atoms with van der Waals surface area (Å²) < 4.78 is 0. The van der Waals surface area contributed by atoms with Crippen molar-refractivity contribution in [3.8, 4) is 0 Å². The van der Waals surface area contributed by atoms with Crippen LogP contribution in [0.25, 0.3) is 0 Å². The van der Waals surface area contributed by atoms with E-state index in [4.69, 9.17) is 11.6 Å². The standard InChI is InChI=1S/C11H16ClN/c1-8(2)10-6-4-5-9(3)11(10)13-7-12/h4-6,8,13H,7H2,1-3H3. The average molecular weight is 198 g/mol. The van der Waals surface area contributed by atoms with Crippen molar-refractivity contribution in [1.82, 2.24) is 0 Å². The van der Waals surface area contributed by atoms with Crippen molar-refractivity contribution < 1.29 is 0 Å². The number of hydrogen-bond acceptors (Lipinski definition) is 1. The molecule has 1 aromatic rings. The first-order valence-electron chi connectivity index (χ1n) is 4.56. The van der Waals surface area contributed by atoms with E-state index >= 15 is 0 Å². The van der Waals surface area contributed by atoms with Crippen LogP contribution in [0.2, 0.25) is 0 Å². The molecule has 0 saturated heterocycles. The molecule has 0 aliphatic carbocycles. The average Bonchev–Trinajstić information content (AvgIpc) is 2.08. The molecule has 0 amide bonds. The Kier molecular flexibility index (Phi) is 3.61. The van der Waals surface area contributed by atoms with Crippen molar-refractivity contribution in [3.63, 3.8) is 0 Å². The summed E-state index contributed by atoms with van der Waals surface area (Å²) in [5.74, 6) is 0.533. The molecule has 0 fully saturated rings. The van der Waals surface area contributed by atoms with Gasteiger partial charge >= 0.3 is 0 Å². The van der Waals surface area contributed by atoms with Crippen LogP contribution in [-0.2, 0) is 0 Å². The third-order valence-electron chi connectivity index (χ3n) is 2.17. The highest BCUT2D eigenvalue weighted by molar-refractivity contribution is 6.18. The van der Waals surface area contributed by atoms with Gasteiger partial charge in [0.25, 0.3) is 0 Å². The lowest BCUT2D eigenvalue weighted by atomic mass is 9.98. The van der Waals surface area contributed by atoms with Gasteiger partial charge in [-0.1, -0.05) is 32.0 Å². The summed E-state index contributed by atoms with van der Waals surface area (Å²) >= 11 is 5.67. The highest BCUT2D eigenvalue weighted by Gasteiger charge is 2.07. The Morgan fingerprint density at radius 1 is 1.38 bits per heavy atom. The van der Waals surface area contributed by atoms with Crippen molar-refractivity contribution in [3.05, 3.63) is 29.3 Å². The van der Waals surface area contributed by atoms with Crippen LogP contribution in [0.5, 0.6) is 0 Å². The predicted molar refractivity (Wildman–Crippen MR) is 59.6 cm³/mol. The fourth-order valence-electron chi connectivity index (χ4n) is 1.48. The van der Waals surface area contributed by atoms with E-state index in [2.05, 4.69) is 44.3 Å². The third kappa shape index (κ3) is 2.38. The van der Waals surface area contributed by atoms with Crippen molar-refractivity contribution in [2.75, 3.05) is 11.3 Å². The lowest BCUT2D eigenvalue weighted by molar-refractivity contribution is 0.866. The molecule has 0 bridgehead atoms. The zero-order chi connectivity index (χ0) is 9.84. The van der Waals surface area contributed by atoms with Gasteiger partial charge in [0.15, 0.2) is 0 Å². The largest absolute Gasteiger partial charge is 0.371 e. The normalized spacial score (nSPS) is 10.5. The van der Waals surface area contributed by atoms with Gasteiger partial charge in [-0.25, -0.2) is 0 Å². The molecule has 0 aliphatic rings. The van der Waals surface area contributed by atoms with E-state index in [9.17, 15) is 0 Å². The maximum Gasteiger partial charge on any atom is 0.0901 e. The number of rotatable bonds is 3. The molecule has 1 aromatic carbocycles.